The molecule has 1 atom stereocenters. The van der Waals surface area contributed by atoms with Crippen LogP contribution in [0.25, 0.3) is 5.52 Å². The Morgan fingerprint density at radius 3 is 2.62 bits per heavy atom. The Bertz CT molecular complexity index is 898. The summed E-state index contributed by atoms with van der Waals surface area (Å²) in [6.07, 6.45) is 7.50. The Morgan fingerprint density at radius 2 is 1.93 bits per heavy atom. The largest absolute Gasteiger partial charge is 0.328 e. The number of anilines is 1. The highest BCUT2D eigenvalue weighted by Crippen LogP contribution is 2.28. The van der Waals surface area contributed by atoms with Crippen LogP contribution in [0.15, 0.2) is 24.5 Å². The van der Waals surface area contributed by atoms with E-state index in [-0.39, 0.29) is 11.9 Å². The summed E-state index contributed by atoms with van der Waals surface area (Å²) in [6.45, 7) is 9.67. The topological polar surface area (TPSA) is 70.0 Å². The molecule has 1 N–H and O–H groups in total. The van der Waals surface area contributed by atoms with Gasteiger partial charge in [0.25, 0.3) is 0 Å². The minimum atomic E-state index is -0.367. The molecule has 0 bridgehead atoms. The number of amides is 3. The molecule has 2 aromatic heterocycles. The number of rotatable bonds is 5. The van der Waals surface area contributed by atoms with E-state index in [1.165, 1.54) is 31.5 Å². The number of likely N-dealkylation sites (tertiary alicyclic amines) is 1. The van der Waals surface area contributed by atoms with Crippen LogP contribution in [0.4, 0.5) is 10.5 Å². The van der Waals surface area contributed by atoms with Crippen LogP contribution in [0, 0.1) is 11.8 Å². The summed E-state index contributed by atoms with van der Waals surface area (Å²) in [7, 11) is 0. The van der Waals surface area contributed by atoms with Crippen LogP contribution < -0.4 is 10.2 Å². The highest BCUT2D eigenvalue weighted by molar-refractivity contribution is 6.07. The van der Waals surface area contributed by atoms with Crippen LogP contribution in [0.3, 0.4) is 0 Å². The molecule has 0 radical (unpaired) electrons. The van der Waals surface area contributed by atoms with Crippen molar-refractivity contribution < 1.29 is 9.59 Å². The van der Waals surface area contributed by atoms with Crippen LogP contribution in [0.2, 0.25) is 0 Å². The highest BCUT2D eigenvalue weighted by atomic mass is 16.2. The number of hydrogen-bond donors (Lipinski definition) is 1. The average molecular weight is 398 g/mol. The third-order valence-corrected chi connectivity index (χ3v) is 6.62. The Kier molecular flexibility index (Phi) is 5.58. The molecule has 2 saturated heterocycles. The van der Waals surface area contributed by atoms with Gasteiger partial charge in [-0.3, -0.25) is 15.0 Å². The van der Waals surface area contributed by atoms with Gasteiger partial charge in [0.15, 0.2) is 0 Å². The van der Waals surface area contributed by atoms with Gasteiger partial charge in [-0.25, -0.2) is 9.31 Å². The van der Waals surface area contributed by atoms with Gasteiger partial charge in [0.05, 0.1) is 17.4 Å². The van der Waals surface area contributed by atoms with Crippen molar-refractivity contribution in [3.8, 4) is 0 Å². The summed E-state index contributed by atoms with van der Waals surface area (Å²) in [6, 6.07) is 4.56. The number of nitrogens with zero attached hydrogens (tertiary/aromatic N) is 4. The van der Waals surface area contributed by atoms with E-state index < -0.39 is 0 Å². The second-order valence-electron chi connectivity index (χ2n) is 8.82. The van der Waals surface area contributed by atoms with Crippen molar-refractivity contribution in [2.75, 3.05) is 24.5 Å². The molecule has 7 heteroatoms. The van der Waals surface area contributed by atoms with Gasteiger partial charge in [-0.05, 0) is 68.8 Å². The van der Waals surface area contributed by atoms with Gasteiger partial charge in [0.2, 0.25) is 5.91 Å². The van der Waals surface area contributed by atoms with E-state index in [9.17, 15) is 9.59 Å². The molecule has 2 aliphatic heterocycles. The van der Waals surface area contributed by atoms with Crippen molar-refractivity contribution in [1.29, 1.82) is 0 Å². The van der Waals surface area contributed by atoms with Gasteiger partial charge in [-0.1, -0.05) is 13.8 Å². The van der Waals surface area contributed by atoms with Gasteiger partial charge >= 0.3 is 6.03 Å². The molecular formula is C22H31N5O2. The third-order valence-electron chi connectivity index (χ3n) is 6.62. The van der Waals surface area contributed by atoms with Crippen LogP contribution in [0.1, 0.15) is 45.6 Å². The molecule has 7 nitrogen and oxygen atoms in total. The van der Waals surface area contributed by atoms with Gasteiger partial charge in [-0.2, -0.15) is 5.10 Å². The Balaban J connectivity index is 1.46. The van der Waals surface area contributed by atoms with E-state index in [0.29, 0.717) is 30.8 Å². The smallest absolute Gasteiger partial charge is 0.300 e. The lowest BCUT2D eigenvalue weighted by Gasteiger charge is -2.37. The highest BCUT2D eigenvalue weighted by Gasteiger charge is 2.27. The molecule has 0 aliphatic carbocycles. The summed E-state index contributed by atoms with van der Waals surface area (Å²) in [5.41, 5.74) is 2.96. The first-order valence-corrected chi connectivity index (χ1v) is 10.7. The fraction of sp³-hybridized carbons (Fsp3) is 0.591. The standard InChI is InChI=1S/C22H31N5O2/c1-15(2)16(3)25-8-4-17(5-9-25)12-18-6-11-27-19(13-18)20(14-23-27)26-10-7-21(28)24-22(26)29/h6,11,13-17H,4-5,7-10,12H2,1-3H3,(H,24,28,29). The van der Waals surface area contributed by atoms with Gasteiger partial charge in [-0.15, -0.1) is 0 Å². The normalized spacial score (nSPS) is 20.5. The first kappa shape index (κ1) is 19.9. The second-order valence-corrected chi connectivity index (χ2v) is 8.82. The van der Waals surface area contributed by atoms with Crippen molar-refractivity contribution in [2.24, 2.45) is 11.8 Å². The minimum Gasteiger partial charge on any atom is -0.300 e. The van der Waals surface area contributed by atoms with Gasteiger partial charge < -0.3 is 4.90 Å². The summed E-state index contributed by atoms with van der Waals surface area (Å²) < 4.78 is 1.80. The van der Waals surface area contributed by atoms with E-state index in [1.807, 2.05) is 6.20 Å². The van der Waals surface area contributed by atoms with Crippen LogP contribution in [-0.2, 0) is 11.2 Å². The molecule has 0 aromatic carbocycles. The maximum absolute atomic E-state index is 12.2. The minimum absolute atomic E-state index is 0.221. The van der Waals surface area contributed by atoms with E-state index in [4.69, 9.17) is 0 Å². The van der Waals surface area contributed by atoms with Gasteiger partial charge in [0.1, 0.15) is 0 Å². The van der Waals surface area contributed by atoms with Crippen molar-refractivity contribution in [2.45, 2.75) is 52.5 Å². The number of piperidine rings is 1. The van der Waals surface area contributed by atoms with Crippen LogP contribution in [0.5, 0.6) is 0 Å². The molecule has 2 aromatic rings. The molecule has 0 saturated carbocycles. The molecule has 156 valence electrons. The lowest BCUT2D eigenvalue weighted by molar-refractivity contribution is -0.120. The number of nitrogens with one attached hydrogen (secondary N) is 1. The molecular weight excluding hydrogens is 366 g/mol. The zero-order valence-corrected chi connectivity index (χ0v) is 17.6. The molecule has 4 heterocycles. The number of fused-ring (bicyclic) bond motifs is 1. The molecule has 2 aliphatic rings. The number of aromatic nitrogens is 2. The van der Waals surface area contributed by atoms with E-state index >= 15 is 0 Å². The Hall–Kier alpha value is -2.41. The SMILES string of the molecule is CC(C)C(C)N1CCC(Cc2ccn3ncc(N4CCC(=O)NC4=O)c3c2)CC1. The third kappa shape index (κ3) is 4.15. The second kappa shape index (κ2) is 8.14. The molecule has 1 unspecified atom stereocenters. The first-order chi connectivity index (χ1) is 13.9. The predicted molar refractivity (Wildman–Crippen MR) is 113 cm³/mol. The number of pyridine rings is 1. The van der Waals surface area contributed by atoms with Crippen molar-refractivity contribution >= 4 is 23.1 Å². The maximum Gasteiger partial charge on any atom is 0.328 e. The number of imide groups is 1. The summed E-state index contributed by atoms with van der Waals surface area (Å²) >= 11 is 0. The molecule has 2 fully saturated rings. The van der Waals surface area contributed by atoms with Crippen molar-refractivity contribution in [3.05, 3.63) is 30.1 Å². The molecule has 3 amide bonds. The van der Waals surface area contributed by atoms with Crippen LogP contribution >= 0.6 is 0 Å². The average Bonchev–Trinajstić information content (AvgIpc) is 3.11. The number of carbonyl (C=O) groups excluding carboxylic acids is 2. The quantitative estimate of drug-likeness (QED) is 0.842. The lowest BCUT2D eigenvalue weighted by atomic mass is 9.89. The van der Waals surface area contributed by atoms with Crippen molar-refractivity contribution in [3.63, 3.8) is 0 Å². The monoisotopic (exact) mass is 397 g/mol. The van der Waals surface area contributed by atoms with Crippen molar-refractivity contribution in [1.82, 2.24) is 19.8 Å². The van der Waals surface area contributed by atoms with E-state index in [2.05, 4.69) is 48.2 Å². The summed E-state index contributed by atoms with van der Waals surface area (Å²) in [5.74, 6) is 1.16. The number of hydrogen-bond acceptors (Lipinski definition) is 4. The maximum atomic E-state index is 12.2. The Morgan fingerprint density at radius 1 is 1.17 bits per heavy atom. The molecule has 0 spiro atoms. The Labute approximate surface area is 172 Å². The zero-order chi connectivity index (χ0) is 20.5. The fourth-order valence-electron chi connectivity index (χ4n) is 4.46. The predicted octanol–water partition coefficient (Wildman–Crippen LogP) is 3.08. The number of carbonyl (C=O) groups is 2. The summed E-state index contributed by atoms with van der Waals surface area (Å²) in [4.78, 5) is 27.9. The van der Waals surface area contributed by atoms with Gasteiger partial charge in [0, 0.05) is 25.2 Å². The first-order valence-electron chi connectivity index (χ1n) is 10.7. The summed E-state index contributed by atoms with van der Waals surface area (Å²) in [5, 5.41) is 6.77. The lowest BCUT2D eigenvalue weighted by Crippen LogP contribution is -2.49. The molecule has 4 rings (SSSR count). The van der Waals surface area contributed by atoms with E-state index in [1.54, 1.807) is 15.6 Å². The molecule has 29 heavy (non-hydrogen) atoms. The zero-order valence-electron chi connectivity index (χ0n) is 17.6. The van der Waals surface area contributed by atoms with E-state index in [0.717, 1.165) is 17.6 Å². The fourth-order valence-corrected chi connectivity index (χ4v) is 4.46. The number of urea groups is 1. The van der Waals surface area contributed by atoms with Crippen LogP contribution in [-0.4, -0.2) is 52.1 Å².